The molecule has 9 heteroatoms. The fraction of sp³-hybridized carbons (Fsp3) is 0.308. The van der Waals surface area contributed by atoms with Crippen LogP contribution in [0.15, 0.2) is 58.4 Å². The summed E-state index contributed by atoms with van der Waals surface area (Å²) in [5.74, 6) is -0.609. The molecule has 1 amide bonds. The molecule has 3 aromatic rings. The van der Waals surface area contributed by atoms with Crippen molar-refractivity contribution in [3.63, 3.8) is 0 Å². The minimum Gasteiger partial charge on any atom is -0.348 e. The van der Waals surface area contributed by atoms with Crippen LogP contribution in [0.2, 0.25) is 0 Å². The standard InChI is InChI=1S/C26H28F2N2O4S/c1-15(2)30-14-22(24(31)23(17(30)4)18-7-6-8-19(12-18)25(27)28)26(32)29-13-20-9-10-21(11-16(20)3)35(5,33)34/h6-12,14-15,25H,13H2,1-5H3,(H,29,32). The first-order valence-electron chi connectivity index (χ1n) is 11.0. The van der Waals surface area contributed by atoms with Crippen molar-refractivity contribution in [1.82, 2.24) is 9.88 Å². The van der Waals surface area contributed by atoms with Gasteiger partial charge >= 0.3 is 0 Å². The summed E-state index contributed by atoms with van der Waals surface area (Å²) in [6, 6.07) is 10.1. The number of alkyl halides is 2. The molecule has 0 aliphatic carbocycles. The van der Waals surface area contributed by atoms with Crippen molar-refractivity contribution in [1.29, 1.82) is 0 Å². The molecule has 0 aliphatic rings. The van der Waals surface area contributed by atoms with Crippen LogP contribution < -0.4 is 10.7 Å². The Balaban J connectivity index is 2.01. The van der Waals surface area contributed by atoms with Crippen LogP contribution in [-0.2, 0) is 16.4 Å². The lowest BCUT2D eigenvalue weighted by Gasteiger charge is -2.20. The van der Waals surface area contributed by atoms with Crippen LogP contribution in [0.3, 0.4) is 0 Å². The van der Waals surface area contributed by atoms with E-state index in [1.54, 1.807) is 30.5 Å². The number of hydrogen-bond donors (Lipinski definition) is 1. The Morgan fingerprint density at radius 1 is 1.09 bits per heavy atom. The molecule has 1 heterocycles. The Hall–Kier alpha value is -3.33. The lowest BCUT2D eigenvalue weighted by atomic mass is 9.98. The number of carbonyl (C=O) groups is 1. The SMILES string of the molecule is Cc1cc(S(C)(=O)=O)ccc1CNC(=O)c1cn(C(C)C)c(C)c(-c2cccc(C(F)F)c2)c1=O. The van der Waals surface area contributed by atoms with Gasteiger partial charge in [-0.05, 0) is 62.6 Å². The quantitative estimate of drug-likeness (QED) is 0.494. The normalized spacial score (nSPS) is 11.8. The number of rotatable bonds is 7. The molecule has 6 nitrogen and oxygen atoms in total. The van der Waals surface area contributed by atoms with E-state index in [0.717, 1.165) is 6.26 Å². The van der Waals surface area contributed by atoms with Crippen molar-refractivity contribution < 1.29 is 22.0 Å². The first kappa shape index (κ1) is 26.3. The maximum Gasteiger partial charge on any atom is 0.263 e. The molecule has 186 valence electrons. The molecule has 2 aromatic carbocycles. The van der Waals surface area contributed by atoms with Crippen LogP contribution in [0, 0.1) is 13.8 Å². The van der Waals surface area contributed by atoms with Gasteiger partial charge in [0.25, 0.3) is 12.3 Å². The molecule has 0 radical (unpaired) electrons. The van der Waals surface area contributed by atoms with Crippen LogP contribution in [0.4, 0.5) is 8.78 Å². The van der Waals surface area contributed by atoms with E-state index in [0.29, 0.717) is 22.4 Å². The number of nitrogens with one attached hydrogen (secondary N) is 1. The van der Waals surface area contributed by atoms with Gasteiger partial charge in [0.2, 0.25) is 5.43 Å². The number of amides is 1. The number of carbonyl (C=O) groups excluding carboxylic acids is 1. The summed E-state index contributed by atoms with van der Waals surface area (Å²) in [7, 11) is -3.36. The van der Waals surface area contributed by atoms with E-state index in [1.807, 2.05) is 13.8 Å². The van der Waals surface area contributed by atoms with Gasteiger partial charge in [0, 0.05) is 41.9 Å². The van der Waals surface area contributed by atoms with E-state index in [9.17, 15) is 26.8 Å². The Bertz CT molecular complexity index is 1440. The highest BCUT2D eigenvalue weighted by Crippen LogP contribution is 2.27. The molecule has 0 bridgehead atoms. The van der Waals surface area contributed by atoms with E-state index >= 15 is 0 Å². The fourth-order valence-electron chi connectivity index (χ4n) is 3.96. The predicted octanol–water partition coefficient (Wildman–Crippen LogP) is 4.98. The summed E-state index contributed by atoms with van der Waals surface area (Å²) >= 11 is 0. The molecule has 0 aliphatic heterocycles. The number of aryl methyl sites for hydroxylation is 1. The second-order valence-electron chi connectivity index (χ2n) is 8.80. The summed E-state index contributed by atoms with van der Waals surface area (Å²) in [6.07, 6.45) is -0.0847. The molecule has 0 saturated heterocycles. The van der Waals surface area contributed by atoms with Crippen molar-refractivity contribution in [2.75, 3.05) is 6.26 Å². The Morgan fingerprint density at radius 2 is 1.77 bits per heavy atom. The minimum absolute atomic E-state index is 0.0832. The molecule has 0 spiro atoms. The third kappa shape index (κ3) is 5.67. The smallest absolute Gasteiger partial charge is 0.263 e. The first-order valence-corrected chi connectivity index (χ1v) is 12.9. The molecule has 35 heavy (non-hydrogen) atoms. The number of hydrogen-bond acceptors (Lipinski definition) is 4. The van der Waals surface area contributed by atoms with E-state index < -0.39 is 27.6 Å². The molecular formula is C26H28F2N2O4S. The molecule has 0 saturated carbocycles. The number of nitrogens with zero attached hydrogens (tertiary/aromatic N) is 1. The highest BCUT2D eigenvalue weighted by molar-refractivity contribution is 7.90. The second-order valence-corrected chi connectivity index (χ2v) is 10.8. The number of halogens is 2. The van der Waals surface area contributed by atoms with Crippen molar-refractivity contribution in [2.24, 2.45) is 0 Å². The zero-order valence-corrected chi connectivity index (χ0v) is 21.0. The van der Waals surface area contributed by atoms with Crippen LogP contribution in [0.5, 0.6) is 0 Å². The third-order valence-electron chi connectivity index (χ3n) is 5.90. The average molecular weight is 503 g/mol. The summed E-state index contributed by atoms with van der Waals surface area (Å²) < 4.78 is 51.9. The van der Waals surface area contributed by atoms with E-state index in [1.165, 1.54) is 36.5 Å². The highest BCUT2D eigenvalue weighted by atomic mass is 32.2. The molecule has 1 aromatic heterocycles. The zero-order chi connectivity index (χ0) is 26.1. The average Bonchev–Trinajstić information content (AvgIpc) is 2.77. The van der Waals surface area contributed by atoms with Crippen LogP contribution >= 0.6 is 0 Å². The lowest BCUT2D eigenvalue weighted by molar-refractivity contribution is 0.0949. The summed E-state index contributed by atoms with van der Waals surface area (Å²) in [5, 5.41) is 2.73. The number of pyridine rings is 1. The summed E-state index contributed by atoms with van der Waals surface area (Å²) in [4.78, 5) is 26.7. The van der Waals surface area contributed by atoms with Gasteiger partial charge in [-0.25, -0.2) is 17.2 Å². The predicted molar refractivity (Wildman–Crippen MR) is 132 cm³/mol. The van der Waals surface area contributed by atoms with Crippen LogP contribution in [0.25, 0.3) is 11.1 Å². The van der Waals surface area contributed by atoms with Gasteiger partial charge in [-0.15, -0.1) is 0 Å². The zero-order valence-electron chi connectivity index (χ0n) is 20.2. The molecule has 0 unspecified atom stereocenters. The van der Waals surface area contributed by atoms with Crippen molar-refractivity contribution >= 4 is 15.7 Å². The van der Waals surface area contributed by atoms with Gasteiger partial charge in [0.05, 0.1) is 4.90 Å². The van der Waals surface area contributed by atoms with Gasteiger partial charge in [-0.1, -0.05) is 24.3 Å². The Morgan fingerprint density at radius 3 is 2.34 bits per heavy atom. The first-order chi connectivity index (χ1) is 16.3. The van der Waals surface area contributed by atoms with Gasteiger partial charge in [-0.2, -0.15) is 0 Å². The molecular weight excluding hydrogens is 474 g/mol. The fourth-order valence-corrected chi connectivity index (χ4v) is 4.66. The Kier molecular flexibility index (Phi) is 7.59. The number of aromatic nitrogens is 1. The van der Waals surface area contributed by atoms with Crippen LogP contribution in [-0.4, -0.2) is 25.1 Å². The maximum atomic E-state index is 13.4. The van der Waals surface area contributed by atoms with Gasteiger partial charge in [-0.3, -0.25) is 9.59 Å². The largest absolute Gasteiger partial charge is 0.348 e. The van der Waals surface area contributed by atoms with E-state index in [4.69, 9.17) is 0 Å². The van der Waals surface area contributed by atoms with Gasteiger partial charge in [0.15, 0.2) is 9.84 Å². The van der Waals surface area contributed by atoms with Crippen molar-refractivity contribution in [3.05, 3.63) is 86.8 Å². The lowest BCUT2D eigenvalue weighted by Crippen LogP contribution is -2.31. The maximum absolute atomic E-state index is 13.4. The Labute approximate surface area is 203 Å². The van der Waals surface area contributed by atoms with E-state index in [2.05, 4.69) is 5.32 Å². The van der Waals surface area contributed by atoms with E-state index in [-0.39, 0.29) is 34.2 Å². The monoisotopic (exact) mass is 502 g/mol. The van der Waals surface area contributed by atoms with Gasteiger partial charge in [0.1, 0.15) is 5.56 Å². The van der Waals surface area contributed by atoms with Crippen molar-refractivity contribution in [3.8, 4) is 11.1 Å². The molecule has 0 fully saturated rings. The minimum atomic E-state index is -3.36. The molecule has 1 N–H and O–H groups in total. The summed E-state index contributed by atoms with van der Waals surface area (Å²) in [5.41, 5.74) is 1.61. The highest BCUT2D eigenvalue weighted by Gasteiger charge is 2.21. The topological polar surface area (TPSA) is 85.2 Å². The number of sulfone groups is 1. The second kappa shape index (κ2) is 10.1. The number of benzene rings is 2. The molecule has 3 rings (SSSR count). The van der Waals surface area contributed by atoms with Crippen molar-refractivity contribution in [2.45, 2.75) is 51.6 Å². The molecule has 0 atom stereocenters. The van der Waals surface area contributed by atoms with Gasteiger partial charge < -0.3 is 9.88 Å². The third-order valence-corrected chi connectivity index (χ3v) is 7.01. The van der Waals surface area contributed by atoms with Crippen LogP contribution in [0.1, 0.15) is 59.1 Å². The summed E-state index contributed by atoms with van der Waals surface area (Å²) in [6.45, 7) is 7.33.